The van der Waals surface area contributed by atoms with E-state index in [-0.39, 0.29) is 13.0 Å². The first-order chi connectivity index (χ1) is 8.33. The van der Waals surface area contributed by atoms with Crippen molar-refractivity contribution in [3.8, 4) is 5.75 Å². The monoisotopic (exact) mass is 408 g/mol. The van der Waals surface area contributed by atoms with E-state index in [1.54, 1.807) is 12.1 Å². The molecule has 1 nitrogen and oxygen atoms in total. The third-order valence-corrected chi connectivity index (χ3v) is 3.55. The zero-order chi connectivity index (χ0) is 13.8. The highest BCUT2D eigenvalue weighted by molar-refractivity contribution is 9.11. The van der Waals surface area contributed by atoms with E-state index >= 15 is 0 Å². The first-order valence-corrected chi connectivity index (χ1v) is 7.19. The van der Waals surface area contributed by atoms with Gasteiger partial charge in [0.25, 0.3) is 0 Å². The average Bonchev–Trinajstić information content (AvgIpc) is 2.25. The maximum atomic E-state index is 11.9. The van der Waals surface area contributed by atoms with Gasteiger partial charge < -0.3 is 4.74 Å². The van der Waals surface area contributed by atoms with Crippen molar-refractivity contribution in [2.24, 2.45) is 0 Å². The quantitative estimate of drug-likeness (QED) is 0.449. The molecule has 0 bridgehead atoms. The van der Waals surface area contributed by atoms with Crippen molar-refractivity contribution in [1.29, 1.82) is 0 Å². The van der Waals surface area contributed by atoms with Crippen LogP contribution in [-0.2, 0) is 5.88 Å². The Bertz CT molecular complexity index is 387. The normalized spacial score (nSPS) is 11.7. The fourth-order valence-corrected chi connectivity index (χ4v) is 2.94. The van der Waals surface area contributed by atoms with Crippen LogP contribution >= 0.6 is 43.5 Å². The molecular weight excluding hydrogens is 400 g/mol. The second-order valence-corrected chi connectivity index (χ2v) is 5.57. The molecule has 102 valence electrons. The molecule has 0 N–H and O–H groups in total. The minimum Gasteiger partial charge on any atom is -0.491 e. The number of benzene rings is 1. The van der Waals surface area contributed by atoms with Gasteiger partial charge in [0.15, 0.2) is 0 Å². The topological polar surface area (TPSA) is 9.23 Å². The van der Waals surface area contributed by atoms with Crippen molar-refractivity contribution in [2.45, 2.75) is 24.9 Å². The molecule has 0 aliphatic heterocycles. The molecule has 0 radical (unpaired) electrons. The number of hydrogen-bond acceptors (Lipinski definition) is 1. The highest BCUT2D eigenvalue weighted by atomic mass is 79.9. The van der Waals surface area contributed by atoms with Gasteiger partial charge in [0.1, 0.15) is 5.75 Å². The Kier molecular flexibility index (Phi) is 6.27. The molecule has 1 aromatic rings. The average molecular weight is 410 g/mol. The zero-order valence-electron chi connectivity index (χ0n) is 9.16. The number of rotatable bonds is 5. The Labute approximate surface area is 125 Å². The van der Waals surface area contributed by atoms with Gasteiger partial charge in [-0.25, -0.2) is 0 Å². The van der Waals surface area contributed by atoms with Crippen molar-refractivity contribution in [3.63, 3.8) is 0 Å². The van der Waals surface area contributed by atoms with Crippen molar-refractivity contribution in [1.82, 2.24) is 0 Å². The van der Waals surface area contributed by atoms with Crippen LogP contribution in [0.15, 0.2) is 21.1 Å². The fraction of sp³-hybridized carbons (Fsp3) is 0.455. The van der Waals surface area contributed by atoms with Gasteiger partial charge >= 0.3 is 6.18 Å². The summed E-state index contributed by atoms with van der Waals surface area (Å²) in [6.07, 6.45) is -5.05. The van der Waals surface area contributed by atoms with Crippen LogP contribution in [-0.4, -0.2) is 12.8 Å². The van der Waals surface area contributed by atoms with Crippen LogP contribution in [0.5, 0.6) is 5.75 Å². The Morgan fingerprint density at radius 3 is 2.17 bits per heavy atom. The molecule has 0 unspecified atom stereocenters. The van der Waals surface area contributed by atoms with Crippen LogP contribution in [0.4, 0.5) is 13.2 Å². The number of hydrogen-bond donors (Lipinski definition) is 0. The molecule has 0 heterocycles. The van der Waals surface area contributed by atoms with Gasteiger partial charge in [-0.2, -0.15) is 13.2 Å². The zero-order valence-corrected chi connectivity index (χ0v) is 13.1. The highest BCUT2D eigenvalue weighted by Gasteiger charge is 2.26. The summed E-state index contributed by atoms with van der Waals surface area (Å²) in [6, 6.07) is 3.55. The van der Waals surface area contributed by atoms with Crippen LogP contribution in [0.2, 0.25) is 0 Å². The molecule has 0 fully saturated rings. The maximum absolute atomic E-state index is 11.9. The minimum absolute atomic E-state index is 0.0108. The van der Waals surface area contributed by atoms with Crippen LogP contribution in [0.3, 0.4) is 0 Å². The first-order valence-electron chi connectivity index (χ1n) is 5.07. The summed E-state index contributed by atoms with van der Waals surface area (Å²) < 4.78 is 42.5. The van der Waals surface area contributed by atoms with E-state index < -0.39 is 12.6 Å². The third-order valence-electron chi connectivity index (χ3n) is 2.06. The van der Waals surface area contributed by atoms with Gasteiger partial charge in [0, 0.05) is 12.3 Å². The lowest BCUT2D eigenvalue weighted by Crippen LogP contribution is -2.10. The summed E-state index contributed by atoms with van der Waals surface area (Å²) in [5, 5.41) is 0. The van der Waals surface area contributed by atoms with Crippen LogP contribution < -0.4 is 4.74 Å². The van der Waals surface area contributed by atoms with E-state index in [4.69, 9.17) is 16.3 Å². The van der Waals surface area contributed by atoms with E-state index in [9.17, 15) is 13.2 Å². The third kappa shape index (κ3) is 5.36. The van der Waals surface area contributed by atoms with Crippen molar-refractivity contribution in [3.05, 3.63) is 26.6 Å². The van der Waals surface area contributed by atoms with Gasteiger partial charge in [-0.1, -0.05) is 0 Å². The van der Waals surface area contributed by atoms with E-state index in [0.717, 1.165) is 5.56 Å². The summed E-state index contributed by atoms with van der Waals surface area (Å²) >= 11 is 12.3. The number of alkyl halides is 4. The summed E-state index contributed by atoms with van der Waals surface area (Å²) in [5.74, 6) is 0.844. The minimum atomic E-state index is -4.14. The molecule has 0 aliphatic rings. The van der Waals surface area contributed by atoms with E-state index in [1.165, 1.54) is 0 Å². The smallest absolute Gasteiger partial charge is 0.389 e. The summed E-state index contributed by atoms with van der Waals surface area (Å²) in [4.78, 5) is 0. The lowest BCUT2D eigenvalue weighted by atomic mass is 10.2. The predicted octanol–water partition coefficient (Wildman–Crippen LogP) is 5.67. The predicted molar refractivity (Wildman–Crippen MR) is 72.2 cm³/mol. The molecule has 7 heteroatoms. The van der Waals surface area contributed by atoms with E-state index in [2.05, 4.69) is 31.9 Å². The summed E-state index contributed by atoms with van der Waals surface area (Å²) in [6.45, 7) is 0.0108. The molecule has 0 amide bonds. The standard InChI is InChI=1S/C11H10Br2ClF3O/c12-8-4-7(6-14)5-9(13)10(8)18-3-1-2-11(15,16)17/h4-5H,1-3,6H2. The van der Waals surface area contributed by atoms with Crippen LogP contribution in [0.1, 0.15) is 18.4 Å². The number of ether oxygens (including phenoxy) is 1. The number of halogens is 6. The Morgan fingerprint density at radius 2 is 1.72 bits per heavy atom. The molecule has 0 aliphatic carbocycles. The largest absolute Gasteiger partial charge is 0.491 e. The van der Waals surface area contributed by atoms with Crippen LogP contribution in [0.25, 0.3) is 0 Å². The fourth-order valence-electron chi connectivity index (χ4n) is 1.27. The van der Waals surface area contributed by atoms with Crippen LogP contribution in [0, 0.1) is 0 Å². The molecule has 18 heavy (non-hydrogen) atoms. The first kappa shape index (κ1) is 16.1. The molecule has 0 atom stereocenters. The summed E-state index contributed by atoms with van der Waals surface area (Å²) in [5.41, 5.74) is 0.887. The molecule has 0 spiro atoms. The van der Waals surface area contributed by atoms with Gasteiger partial charge in [-0.15, -0.1) is 11.6 Å². The molecule has 0 saturated carbocycles. The van der Waals surface area contributed by atoms with Gasteiger partial charge in [0.2, 0.25) is 0 Å². The SMILES string of the molecule is FC(F)(F)CCCOc1c(Br)cc(CCl)cc1Br. The van der Waals surface area contributed by atoms with Crippen molar-refractivity contribution < 1.29 is 17.9 Å². The maximum Gasteiger partial charge on any atom is 0.389 e. The Morgan fingerprint density at radius 1 is 1.17 bits per heavy atom. The van der Waals surface area contributed by atoms with Crippen molar-refractivity contribution >= 4 is 43.5 Å². The van der Waals surface area contributed by atoms with Crippen molar-refractivity contribution in [2.75, 3.05) is 6.61 Å². The molecule has 0 saturated heterocycles. The van der Waals surface area contributed by atoms with E-state index in [0.29, 0.717) is 20.6 Å². The molecule has 0 aromatic heterocycles. The summed E-state index contributed by atoms with van der Waals surface area (Å²) in [7, 11) is 0. The van der Waals surface area contributed by atoms with E-state index in [1.807, 2.05) is 0 Å². The Balaban J connectivity index is 2.57. The lowest BCUT2D eigenvalue weighted by Gasteiger charge is -2.12. The molecular formula is C11H10Br2ClF3O. The van der Waals surface area contributed by atoms with Gasteiger partial charge in [-0.3, -0.25) is 0 Å². The van der Waals surface area contributed by atoms with Gasteiger partial charge in [0.05, 0.1) is 15.6 Å². The second-order valence-electron chi connectivity index (χ2n) is 3.59. The Hall–Kier alpha value is 0.0600. The second kappa shape index (κ2) is 7.01. The van der Waals surface area contributed by atoms with Gasteiger partial charge in [-0.05, 0) is 56.0 Å². The lowest BCUT2D eigenvalue weighted by molar-refractivity contribution is -0.136. The highest BCUT2D eigenvalue weighted by Crippen LogP contribution is 2.35. The molecule has 1 rings (SSSR count). The molecule has 1 aromatic carbocycles.